The lowest BCUT2D eigenvalue weighted by molar-refractivity contribution is -0.119. The van der Waals surface area contributed by atoms with Crippen molar-refractivity contribution in [1.29, 1.82) is 0 Å². The van der Waals surface area contributed by atoms with E-state index in [2.05, 4.69) is 29.1 Å². The number of rotatable bonds is 7. The van der Waals surface area contributed by atoms with E-state index >= 15 is 0 Å². The van der Waals surface area contributed by atoms with E-state index in [0.717, 1.165) is 20.6 Å². The van der Waals surface area contributed by atoms with Gasteiger partial charge in [-0.05, 0) is 45.4 Å². The molecule has 0 fully saturated rings. The molecule has 1 amide bonds. The molecule has 0 saturated carbocycles. The summed E-state index contributed by atoms with van der Waals surface area (Å²) in [6.45, 7) is 8.57. The Morgan fingerprint density at radius 2 is 2.17 bits per heavy atom. The fourth-order valence-electron chi connectivity index (χ4n) is 3.29. The van der Waals surface area contributed by atoms with E-state index in [9.17, 15) is 4.79 Å². The number of hydrogen-bond acceptors (Lipinski definition) is 7. The zero-order valence-corrected chi connectivity index (χ0v) is 18.9. The van der Waals surface area contributed by atoms with Gasteiger partial charge in [0.2, 0.25) is 5.91 Å². The topological polar surface area (TPSA) is 77.2 Å². The molecule has 156 valence electrons. The highest BCUT2D eigenvalue weighted by atomic mass is 32.2. The largest absolute Gasteiger partial charge is 0.490 e. The molecule has 1 aromatic carbocycles. The Labute approximate surface area is 183 Å². The monoisotopic (exact) mass is 441 g/mol. The molecule has 4 aromatic rings. The third kappa shape index (κ3) is 4.02. The number of furan rings is 1. The number of aromatic nitrogens is 2. The molecule has 0 aliphatic carbocycles. The molecule has 0 aliphatic heterocycles. The summed E-state index contributed by atoms with van der Waals surface area (Å²) in [5, 5.41) is 5.86. The van der Waals surface area contributed by atoms with E-state index in [-0.39, 0.29) is 17.7 Å². The average molecular weight is 442 g/mol. The number of fused-ring (bicyclic) bond motifs is 2. The second kappa shape index (κ2) is 8.65. The van der Waals surface area contributed by atoms with Crippen LogP contribution in [0.3, 0.4) is 0 Å². The second-order valence-electron chi connectivity index (χ2n) is 6.98. The van der Waals surface area contributed by atoms with Crippen molar-refractivity contribution >= 4 is 50.2 Å². The number of hydrogen-bond donors (Lipinski definition) is 1. The van der Waals surface area contributed by atoms with Crippen LogP contribution in [0.25, 0.3) is 21.2 Å². The maximum atomic E-state index is 12.6. The van der Waals surface area contributed by atoms with Crippen LogP contribution in [0.4, 0.5) is 0 Å². The van der Waals surface area contributed by atoms with Gasteiger partial charge < -0.3 is 14.5 Å². The maximum Gasteiger partial charge on any atom is 0.230 e. The summed E-state index contributed by atoms with van der Waals surface area (Å²) in [5.41, 5.74) is 1.88. The van der Waals surface area contributed by atoms with Gasteiger partial charge in [0.05, 0.1) is 18.4 Å². The molecule has 3 heterocycles. The molecule has 30 heavy (non-hydrogen) atoms. The van der Waals surface area contributed by atoms with Crippen molar-refractivity contribution in [3.8, 4) is 5.75 Å². The molecule has 3 aromatic heterocycles. The number of thioether (sulfide) groups is 1. The number of amides is 1. The van der Waals surface area contributed by atoms with Crippen molar-refractivity contribution in [2.24, 2.45) is 0 Å². The summed E-state index contributed by atoms with van der Waals surface area (Å²) >= 11 is 3.08. The van der Waals surface area contributed by atoms with Gasteiger partial charge in [-0.1, -0.05) is 23.9 Å². The fraction of sp³-hybridized carbons (Fsp3) is 0.318. The quantitative estimate of drug-likeness (QED) is 0.305. The first-order chi connectivity index (χ1) is 14.5. The number of nitrogens with zero attached hydrogens (tertiary/aromatic N) is 2. The van der Waals surface area contributed by atoms with Crippen molar-refractivity contribution in [3.05, 3.63) is 46.8 Å². The van der Waals surface area contributed by atoms with E-state index in [0.29, 0.717) is 23.7 Å². The molecule has 0 aliphatic rings. The van der Waals surface area contributed by atoms with Crippen molar-refractivity contribution in [2.75, 3.05) is 12.4 Å². The zero-order chi connectivity index (χ0) is 21.3. The van der Waals surface area contributed by atoms with Crippen molar-refractivity contribution < 1.29 is 13.9 Å². The molecular formula is C22H23N3O3S2. The summed E-state index contributed by atoms with van der Waals surface area (Å²) < 4.78 is 11.6. The van der Waals surface area contributed by atoms with Gasteiger partial charge in [-0.15, -0.1) is 11.3 Å². The molecule has 0 spiro atoms. The Morgan fingerprint density at radius 3 is 2.97 bits per heavy atom. The molecule has 1 atom stereocenters. The molecule has 1 N–H and O–H groups in total. The van der Waals surface area contributed by atoms with Crippen LogP contribution in [0.2, 0.25) is 0 Å². The van der Waals surface area contributed by atoms with E-state index < -0.39 is 0 Å². The number of carbonyl (C=O) groups is 1. The van der Waals surface area contributed by atoms with Gasteiger partial charge in [0.15, 0.2) is 11.3 Å². The Balaban J connectivity index is 1.45. The summed E-state index contributed by atoms with van der Waals surface area (Å²) in [6.07, 6.45) is 1.56. The average Bonchev–Trinajstić information content (AvgIpc) is 3.29. The highest BCUT2D eigenvalue weighted by molar-refractivity contribution is 8.00. The van der Waals surface area contributed by atoms with E-state index in [1.54, 1.807) is 17.7 Å². The van der Waals surface area contributed by atoms with E-state index in [1.165, 1.54) is 22.2 Å². The summed E-state index contributed by atoms with van der Waals surface area (Å²) in [6, 6.07) is 7.48. The minimum Gasteiger partial charge on any atom is -0.490 e. The highest BCUT2D eigenvalue weighted by Crippen LogP contribution is 2.34. The smallest absolute Gasteiger partial charge is 0.230 e. The number of benzene rings is 1. The summed E-state index contributed by atoms with van der Waals surface area (Å²) in [4.78, 5) is 23.5. The van der Waals surface area contributed by atoms with Crippen LogP contribution in [-0.2, 0) is 4.79 Å². The minimum absolute atomic E-state index is 0.0747. The summed E-state index contributed by atoms with van der Waals surface area (Å²) in [7, 11) is 0. The second-order valence-corrected chi connectivity index (χ2v) is 9.14. The third-order valence-electron chi connectivity index (χ3n) is 4.90. The van der Waals surface area contributed by atoms with Crippen molar-refractivity contribution in [3.63, 3.8) is 0 Å². The molecule has 0 bridgehead atoms. The standard InChI is InChI=1S/C22H23N3O3S2/c1-5-27-16-8-6-7-15-9-17(28-20(15)16)13(3)25-18(26)10-29-21-19-12(2)14(4)30-22(19)24-11-23-21/h6-9,11,13H,5,10H2,1-4H3,(H,25,26). The van der Waals surface area contributed by atoms with Gasteiger partial charge in [0.25, 0.3) is 0 Å². The first-order valence-corrected chi connectivity index (χ1v) is 11.6. The third-order valence-corrected chi connectivity index (χ3v) is 7.01. The minimum atomic E-state index is -0.254. The number of aryl methyl sites for hydroxylation is 2. The van der Waals surface area contributed by atoms with E-state index in [4.69, 9.17) is 9.15 Å². The van der Waals surface area contributed by atoms with Gasteiger partial charge >= 0.3 is 0 Å². The fourth-order valence-corrected chi connectivity index (χ4v) is 5.21. The lowest BCUT2D eigenvalue weighted by atomic mass is 10.2. The number of nitrogens with one attached hydrogen (secondary N) is 1. The zero-order valence-electron chi connectivity index (χ0n) is 17.3. The highest BCUT2D eigenvalue weighted by Gasteiger charge is 2.18. The molecule has 4 rings (SSSR count). The van der Waals surface area contributed by atoms with Gasteiger partial charge in [0, 0.05) is 15.6 Å². The van der Waals surface area contributed by atoms with Crippen LogP contribution in [0.15, 0.2) is 40.0 Å². The predicted molar refractivity (Wildman–Crippen MR) is 122 cm³/mol. The van der Waals surface area contributed by atoms with Gasteiger partial charge in [0.1, 0.15) is 21.9 Å². The lowest BCUT2D eigenvalue weighted by Crippen LogP contribution is -2.27. The Kier molecular flexibility index (Phi) is 5.97. The number of thiophene rings is 1. The van der Waals surface area contributed by atoms with Gasteiger partial charge in [-0.25, -0.2) is 9.97 Å². The van der Waals surface area contributed by atoms with Crippen molar-refractivity contribution in [2.45, 2.75) is 38.8 Å². The van der Waals surface area contributed by atoms with Crippen LogP contribution in [0.5, 0.6) is 5.75 Å². The maximum absolute atomic E-state index is 12.6. The van der Waals surface area contributed by atoms with Gasteiger partial charge in [-0.2, -0.15) is 0 Å². The van der Waals surface area contributed by atoms with Crippen LogP contribution in [-0.4, -0.2) is 28.2 Å². The molecule has 6 nitrogen and oxygen atoms in total. The first kappa shape index (κ1) is 20.7. The number of para-hydroxylation sites is 1. The van der Waals surface area contributed by atoms with E-state index in [1.807, 2.05) is 38.1 Å². The molecule has 8 heteroatoms. The van der Waals surface area contributed by atoms with Crippen LogP contribution < -0.4 is 10.1 Å². The van der Waals surface area contributed by atoms with Crippen LogP contribution in [0, 0.1) is 13.8 Å². The predicted octanol–water partition coefficient (Wildman–Crippen LogP) is 5.42. The Morgan fingerprint density at radius 1 is 1.33 bits per heavy atom. The lowest BCUT2D eigenvalue weighted by Gasteiger charge is -2.11. The number of carbonyl (C=O) groups excluding carboxylic acids is 1. The molecular weight excluding hydrogens is 418 g/mol. The normalized spacial score (nSPS) is 12.4. The molecule has 1 unspecified atom stereocenters. The molecule has 0 radical (unpaired) electrons. The summed E-state index contributed by atoms with van der Waals surface area (Å²) in [5.74, 6) is 1.61. The SMILES string of the molecule is CCOc1cccc2cc(C(C)NC(=O)CSc3ncnc4sc(C)c(C)c34)oc12. The molecule has 0 saturated heterocycles. The van der Waals surface area contributed by atoms with Crippen molar-refractivity contribution in [1.82, 2.24) is 15.3 Å². The van der Waals surface area contributed by atoms with Crippen LogP contribution in [0.1, 0.15) is 36.1 Å². The van der Waals surface area contributed by atoms with Gasteiger partial charge in [-0.3, -0.25) is 4.79 Å². The Hall–Kier alpha value is -2.58. The Bertz CT molecular complexity index is 1220. The first-order valence-electron chi connectivity index (χ1n) is 9.76. The van der Waals surface area contributed by atoms with Crippen LogP contribution >= 0.6 is 23.1 Å². The number of ether oxygens (including phenoxy) is 1.